The number of nitrogens with zero attached hydrogens (tertiary/aromatic N) is 3. The van der Waals surface area contributed by atoms with Crippen molar-refractivity contribution in [3.05, 3.63) is 69.2 Å². The van der Waals surface area contributed by atoms with Crippen LogP contribution in [0.5, 0.6) is 0 Å². The lowest BCUT2D eigenvalue weighted by Gasteiger charge is -2.29. The number of carbonyl (C=O) groups excluding carboxylic acids is 3. The molecule has 1 saturated heterocycles. The second-order valence-electron chi connectivity index (χ2n) is 11.8. The molecule has 1 aliphatic rings. The maximum Gasteiger partial charge on any atom is 0.416 e. The van der Waals surface area contributed by atoms with Crippen LogP contribution in [0.15, 0.2) is 42.5 Å². The van der Waals surface area contributed by atoms with E-state index in [9.17, 15) is 27.6 Å². The predicted octanol–water partition coefficient (Wildman–Crippen LogP) is 6.47. The number of hydrogen-bond donors (Lipinski definition) is 2. The number of carbonyl (C=O) groups is 3. The van der Waals surface area contributed by atoms with E-state index >= 15 is 0 Å². The predicted molar refractivity (Wildman–Crippen MR) is 160 cm³/mol. The lowest BCUT2D eigenvalue weighted by Crippen LogP contribution is -2.36. The molecule has 2 heterocycles. The minimum Gasteiger partial charge on any atom is -0.444 e. The maximum absolute atomic E-state index is 13.5. The Morgan fingerprint density at radius 2 is 1.70 bits per heavy atom. The van der Waals surface area contributed by atoms with E-state index in [0.29, 0.717) is 29.8 Å². The summed E-state index contributed by atoms with van der Waals surface area (Å²) in [6.45, 7) is 9.77. The zero-order valence-electron chi connectivity index (χ0n) is 25.2. The first kappa shape index (κ1) is 32.9. The number of nitrogens with one attached hydrogen (secondary N) is 2. The van der Waals surface area contributed by atoms with Gasteiger partial charge < -0.3 is 20.3 Å². The van der Waals surface area contributed by atoms with Gasteiger partial charge in [0.15, 0.2) is 0 Å². The average Bonchev–Trinajstić information content (AvgIpc) is 3.45. The standard InChI is InChI=1S/C31H36F3N5O4S/c1-18(36-26(41)28-38-37-27(44-28)22-12-14-39(15-13-22)19(2)40)20-6-8-21(9-7-20)25-16-24(31(32,33)34)11-10-23(25)17-35-29(42)43-30(3,4)5/h6-11,16,18,22H,12-15,17H2,1-5H3,(H,35,42)(H,36,41)/t18-/m1/s1. The highest BCUT2D eigenvalue weighted by molar-refractivity contribution is 7.13. The Bertz CT molecular complexity index is 1490. The number of benzene rings is 2. The number of aromatic nitrogens is 2. The van der Waals surface area contributed by atoms with Crippen molar-refractivity contribution in [2.24, 2.45) is 0 Å². The van der Waals surface area contributed by atoms with Crippen LogP contribution in [0.4, 0.5) is 18.0 Å². The number of rotatable bonds is 7. The minimum atomic E-state index is -4.54. The number of halogens is 3. The Hall–Kier alpha value is -4.00. The molecular formula is C31H36F3N5O4S. The molecule has 3 amide bonds. The van der Waals surface area contributed by atoms with Crippen LogP contribution in [0, 0.1) is 0 Å². The van der Waals surface area contributed by atoms with Crippen LogP contribution in [0.2, 0.25) is 0 Å². The molecule has 2 N–H and O–H groups in total. The first-order valence-electron chi connectivity index (χ1n) is 14.3. The van der Waals surface area contributed by atoms with Crippen LogP contribution < -0.4 is 10.6 Å². The van der Waals surface area contributed by atoms with Gasteiger partial charge in [0.25, 0.3) is 5.91 Å². The zero-order chi connectivity index (χ0) is 32.2. The molecule has 44 heavy (non-hydrogen) atoms. The van der Waals surface area contributed by atoms with Crippen molar-refractivity contribution in [2.75, 3.05) is 13.1 Å². The van der Waals surface area contributed by atoms with E-state index in [4.69, 9.17) is 4.74 Å². The third-order valence-electron chi connectivity index (χ3n) is 7.25. The number of alkyl carbamates (subject to hydrolysis) is 1. The molecule has 0 saturated carbocycles. The molecule has 4 rings (SSSR count). The largest absolute Gasteiger partial charge is 0.444 e. The third-order valence-corrected chi connectivity index (χ3v) is 8.34. The summed E-state index contributed by atoms with van der Waals surface area (Å²) >= 11 is 1.24. The molecule has 0 radical (unpaired) electrons. The van der Waals surface area contributed by atoms with E-state index in [1.54, 1.807) is 63.8 Å². The third kappa shape index (κ3) is 8.55. The van der Waals surface area contributed by atoms with E-state index in [2.05, 4.69) is 20.8 Å². The Morgan fingerprint density at radius 1 is 1.05 bits per heavy atom. The summed E-state index contributed by atoms with van der Waals surface area (Å²) in [6.07, 6.45) is -3.68. The number of ether oxygens (including phenoxy) is 1. The van der Waals surface area contributed by atoms with Crippen molar-refractivity contribution < 1.29 is 32.3 Å². The van der Waals surface area contributed by atoms with E-state index in [1.807, 2.05) is 0 Å². The van der Waals surface area contributed by atoms with Crippen molar-refractivity contribution in [2.45, 2.75) is 77.7 Å². The topological polar surface area (TPSA) is 114 Å². The lowest BCUT2D eigenvalue weighted by atomic mass is 9.95. The highest BCUT2D eigenvalue weighted by atomic mass is 32.1. The second kappa shape index (κ2) is 13.3. The smallest absolute Gasteiger partial charge is 0.416 e. The van der Waals surface area contributed by atoms with Crippen LogP contribution >= 0.6 is 11.3 Å². The summed E-state index contributed by atoms with van der Waals surface area (Å²) in [5, 5.41) is 14.8. The fourth-order valence-electron chi connectivity index (χ4n) is 4.88. The fraction of sp³-hybridized carbons (Fsp3) is 0.452. The summed E-state index contributed by atoms with van der Waals surface area (Å²) in [6, 6.07) is 9.80. The molecule has 9 nitrogen and oxygen atoms in total. The maximum atomic E-state index is 13.5. The Balaban J connectivity index is 1.44. The van der Waals surface area contributed by atoms with E-state index < -0.39 is 29.5 Å². The van der Waals surface area contributed by atoms with Gasteiger partial charge in [0, 0.05) is 32.5 Å². The fourth-order valence-corrected chi connectivity index (χ4v) is 5.80. The van der Waals surface area contributed by atoms with Gasteiger partial charge >= 0.3 is 12.3 Å². The Morgan fingerprint density at radius 3 is 2.30 bits per heavy atom. The van der Waals surface area contributed by atoms with Gasteiger partial charge in [-0.1, -0.05) is 41.7 Å². The highest BCUT2D eigenvalue weighted by Crippen LogP contribution is 2.35. The summed E-state index contributed by atoms with van der Waals surface area (Å²) in [7, 11) is 0. The lowest BCUT2D eigenvalue weighted by molar-refractivity contribution is -0.137. The van der Waals surface area contributed by atoms with Gasteiger partial charge in [-0.3, -0.25) is 9.59 Å². The van der Waals surface area contributed by atoms with Crippen molar-refractivity contribution in [3.8, 4) is 11.1 Å². The quantitative estimate of drug-likeness (QED) is 0.309. The van der Waals surface area contributed by atoms with Crippen molar-refractivity contribution in [1.82, 2.24) is 25.7 Å². The van der Waals surface area contributed by atoms with Crippen LogP contribution in [-0.2, 0) is 22.3 Å². The van der Waals surface area contributed by atoms with Crippen LogP contribution in [0.3, 0.4) is 0 Å². The summed E-state index contributed by atoms with van der Waals surface area (Å²) in [5.41, 5.74) is 0.529. The molecule has 0 bridgehead atoms. The average molecular weight is 632 g/mol. The molecule has 13 heteroatoms. The summed E-state index contributed by atoms with van der Waals surface area (Å²) in [4.78, 5) is 38.5. The highest BCUT2D eigenvalue weighted by Gasteiger charge is 2.31. The monoisotopic (exact) mass is 631 g/mol. The zero-order valence-corrected chi connectivity index (χ0v) is 26.1. The molecule has 3 aromatic rings. The SMILES string of the molecule is CC(=O)N1CCC(c2nnc(C(=O)N[C@H](C)c3ccc(-c4cc(C(F)(F)F)ccc4CNC(=O)OC(C)(C)C)cc3)s2)CC1. The Labute approximate surface area is 258 Å². The number of piperidine rings is 1. The van der Waals surface area contributed by atoms with Crippen LogP contribution in [0.1, 0.15) is 90.9 Å². The summed E-state index contributed by atoms with van der Waals surface area (Å²) < 4.78 is 45.9. The first-order valence-corrected chi connectivity index (χ1v) is 15.1. The van der Waals surface area contributed by atoms with E-state index in [0.717, 1.165) is 35.5 Å². The molecule has 1 aromatic heterocycles. The van der Waals surface area contributed by atoms with Crippen molar-refractivity contribution in [3.63, 3.8) is 0 Å². The first-order chi connectivity index (χ1) is 20.6. The van der Waals surface area contributed by atoms with Crippen LogP contribution in [-0.4, -0.2) is 51.7 Å². The second-order valence-corrected chi connectivity index (χ2v) is 12.8. The van der Waals surface area contributed by atoms with Crippen molar-refractivity contribution in [1.29, 1.82) is 0 Å². The van der Waals surface area contributed by atoms with E-state index in [-0.39, 0.29) is 29.3 Å². The molecule has 1 fully saturated rings. The number of amides is 3. The number of alkyl halides is 3. The van der Waals surface area contributed by atoms with Gasteiger partial charge in [-0.25, -0.2) is 4.79 Å². The summed E-state index contributed by atoms with van der Waals surface area (Å²) in [5.74, 6) is -0.178. The molecule has 2 aromatic carbocycles. The molecule has 1 aliphatic heterocycles. The number of likely N-dealkylation sites (tertiary alicyclic amines) is 1. The normalized spacial score (nSPS) is 15.0. The van der Waals surface area contributed by atoms with E-state index in [1.165, 1.54) is 17.4 Å². The van der Waals surface area contributed by atoms with Gasteiger partial charge in [-0.15, -0.1) is 10.2 Å². The Kier molecular flexibility index (Phi) is 9.97. The molecule has 0 unspecified atom stereocenters. The van der Waals surface area contributed by atoms with Crippen molar-refractivity contribution >= 4 is 29.2 Å². The molecular weight excluding hydrogens is 595 g/mol. The molecule has 0 aliphatic carbocycles. The van der Waals surface area contributed by atoms with Crippen LogP contribution in [0.25, 0.3) is 11.1 Å². The molecule has 1 atom stereocenters. The molecule has 236 valence electrons. The van der Waals surface area contributed by atoms with Gasteiger partial charge in [0.2, 0.25) is 10.9 Å². The van der Waals surface area contributed by atoms with Gasteiger partial charge in [-0.05, 0) is 74.9 Å². The number of hydrogen-bond acceptors (Lipinski definition) is 7. The molecule has 0 spiro atoms. The minimum absolute atomic E-state index is 0.0315. The van der Waals surface area contributed by atoms with Gasteiger partial charge in [0.05, 0.1) is 11.6 Å². The van der Waals surface area contributed by atoms with Gasteiger partial charge in [0.1, 0.15) is 10.6 Å². The van der Waals surface area contributed by atoms with Gasteiger partial charge in [-0.2, -0.15) is 13.2 Å².